The number of carbonyl (C=O) groups excluding carboxylic acids is 1. The summed E-state index contributed by atoms with van der Waals surface area (Å²) in [6.45, 7) is 0.588. The topological polar surface area (TPSA) is 55.4 Å². The molecule has 0 aromatic rings. The van der Waals surface area contributed by atoms with Crippen LogP contribution in [-0.2, 0) is 4.79 Å². The van der Waals surface area contributed by atoms with Crippen LogP contribution in [0.2, 0.25) is 0 Å². The fraction of sp³-hybridized carbons (Fsp3) is 0.600. The van der Waals surface area contributed by atoms with Gasteiger partial charge in [-0.25, -0.2) is 0 Å². The van der Waals surface area contributed by atoms with Crippen LogP contribution in [0.25, 0.3) is 0 Å². The Morgan fingerprint density at radius 2 is 2.38 bits per heavy atom. The monoisotopic (exact) mass is 112 g/mol. The summed E-state index contributed by atoms with van der Waals surface area (Å²) in [6.07, 6.45) is 0.931. The van der Waals surface area contributed by atoms with E-state index in [9.17, 15) is 4.79 Å². The molecule has 0 radical (unpaired) electrons. The maximum atomic E-state index is 10.5. The van der Waals surface area contributed by atoms with Crippen LogP contribution < -0.4 is 5.73 Å². The van der Waals surface area contributed by atoms with Crippen LogP contribution in [0.3, 0.4) is 0 Å². The highest BCUT2D eigenvalue weighted by molar-refractivity contribution is 6.01. The van der Waals surface area contributed by atoms with E-state index in [2.05, 4.69) is 4.99 Å². The number of rotatable bonds is 0. The Morgan fingerprint density at radius 3 is 2.75 bits per heavy atom. The van der Waals surface area contributed by atoms with Gasteiger partial charge in [-0.1, -0.05) is 0 Å². The van der Waals surface area contributed by atoms with Gasteiger partial charge < -0.3 is 5.73 Å². The molecule has 0 aromatic heterocycles. The summed E-state index contributed by atoms with van der Waals surface area (Å²) in [5, 5.41) is 0. The summed E-state index contributed by atoms with van der Waals surface area (Å²) in [4.78, 5) is 14.4. The molecule has 44 valence electrons. The molecule has 0 fully saturated rings. The fourth-order valence-corrected chi connectivity index (χ4v) is 0.671. The molecule has 0 unspecified atom stereocenters. The van der Waals surface area contributed by atoms with E-state index in [0.717, 1.165) is 0 Å². The number of hydrogen-bond acceptors (Lipinski definition) is 3. The molecule has 3 heteroatoms. The van der Waals surface area contributed by atoms with Crippen molar-refractivity contribution in [3.63, 3.8) is 0 Å². The van der Waals surface area contributed by atoms with Gasteiger partial charge in [-0.3, -0.25) is 9.79 Å². The molecule has 0 aliphatic carbocycles. The molecule has 2 N–H and O–H groups in total. The van der Waals surface area contributed by atoms with E-state index in [0.29, 0.717) is 25.2 Å². The summed E-state index contributed by atoms with van der Waals surface area (Å²) in [7, 11) is 0. The van der Waals surface area contributed by atoms with Crippen LogP contribution in [-0.4, -0.2) is 18.2 Å². The zero-order valence-corrected chi connectivity index (χ0v) is 4.55. The minimum atomic E-state index is 0.206. The number of carbonyl (C=O) groups is 1. The largest absolute Gasteiger partial charge is 0.387 e. The summed E-state index contributed by atoms with van der Waals surface area (Å²) < 4.78 is 0. The van der Waals surface area contributed by atoms with Crippen LogP contribution in [0.5, 0.6) is 0 Å². The number of amidine groups is 1. The second-order valence-corrected chi connectivity index (χ2v) is 1.84. The van der Waals surface area contributed by atoms with Crippen molar-refractivity contribution in [3.05, 3.63) is 0 Å². The molecule has 0 aromatic carbocycles. The predicted octanol–water partition coefficient (Wildman–Crippen LogP) is -0.293. The fourth-order valence-electron chi connectivity index (χ4n) is 0.671. The third-order valence-corrected chi connectivity index (χ3v) is 1.08. The average Bonchev–Trinajstić information content (AvgIpc) is 1.64. The maximum Gasteiger partial charge on any atom is 0.142 e. The highest BCUT2D eigenvalue weighted by Gasteiger charge is 2.08. The van der Waals surface area contributed by atoms with Crippen molar-refractivity contribution in [2.24, 2.45) is 10.7 Å². The van der Waals surface area contributed by atoms with Gasteiger partial charge in [-0.05, 0) is 0 Å². The van der Waals surface area contributed by atoms with E-state index in [-0.39, 0.29) is 5.78 Å². The summed E-state index contributed by atoms with van der Waals surface area (Å²) in [5.74, 6) is 0.693. The molecular weight excluding hydrogens is 104 g/mol. The third kappa shape index (κ3) is 1.05. The van der Waals surface area contributed by atoms with E-state index in [1.807, 2.05) is 0 Å². The number of aliphatic imine (C=N–C) groups is 1. The molecule has 0 amide bonds. The number of nitrogens with two attached hydrogens (primary N) is 1. The molecule has 0 saturated heterocycles. The molecule has 8 heavy (non-hydrogen) atoms. The average molecular weight is 112 g/mol. The zero-order chi connectivity index (χ0) is 5.98. The summed E-state index contributed by atoms with van der Waals surface area (Å²) in [6, 6.07) is 0. The quantitative estimate of drug-likeness (QED) is 0.468. The first kappa shape index (κ1) is 5.28. The minimum Gasteiger partial charge on any atom is -0.387 e. The van der Waals surface area contributed by atoms with Crippen LogP contribution in [0.1, 0.15) is 12.8 Å². The number of ketones is 1. The molecule has 0 saturated carbocycles. The SMILES string of the molecule is NC1=NCCC(=O)C1. The van der Waals surface area contributed by atoms with Gasteiger partial charge in [0.1, 0.15) is 11.6 Å². The van der Waals surface area contributed by atoms with Crippen molar-refractivity contribution in [3.8, 4) is 0 Å². The van der Waals surface area contributed by atoms with Crippen LogP contribution in [0, 0.1) is 0 Å². The molecule has 0 spiro atoms. The molecule has 0 bridgehead atoms. The lowest BCUT2D eigenvalue weighted by molar-refractivity contribution is -0.117. The molecule has 3 nitrogen and oxygen atoms in total. The van der Waals surface area contributed by atoms with Gasteiger partial charge in [0, 0.05) is 13.0 Å². The first-order chi connectivity index (χ1) is 3.79. The van der Waals surface area contributed by atoms with E-state index < -0.39 is 0 Å². The van der Waals surface area contributed by atoms with Gasteiger partial charge in [0.25, 0.3) is 0 Å². The molecule has 0 atom stereocenters. The highest BCUT2D eigenvalue weighted by atomic mass is 16.1. The van der Waals surface area contributed by atoms with Crippen molar-refractivity contribution in [2.75, 3.05) is 6.54 Å². The van der Waals surface area contributed by atoms with Crippen LogP contribution in [0.15, 0.2) is 4.99 Å². The normalized spacial score (nSPS) is 20.5. The summed E-state index contributed by atoms with van der Waals surface area (Å²) in [5.41, 5.74) is 5.25. The standard InChI is InChI=1S/C5H8N2O/c6-5-3-4(8)1-2-7-5/h1-3H2,(H2,6,7). The van der Waals surface area contributed by atoms with Crippen LogP contribution >= 0.6 is 0 Å². The first-order valence-electron chi connectivity index (χ1n) is 2.59. The molecular formula is C5H8N2O. The first-order valence-corrected chi connectivity index (χ1v) is 2.59. The Kier molecular flexibility index (Phi) is 1.28. The number of nitrogens with zero attached hydrogens (tertiary/aromatic N) is 1. The highest BCUT2D eigenvalue weighted by Crippen LogP contribution is 1.97. The van der Waals surface area contributed by atoms with E-state index >= 15 is 0 Å². The Morgan fingerprint density at radius 1 is 1.62 bits per heavy atom. The summed E-state index contributed by atoms with van der Waals surface area (Å²) >= 11 is 0. The van der Waals surface area contributed by atoms with Crippen molar-refractivity contribution in [1.29, 1.82) is 0 Å². The Labute approximate surface area is 47.6 Å². The Balaban J connectivity index is 2.57. The zero-order valence-electron chi connectivity index (χ0n) is 4.55. The third-order valence-electron chi connectivity index (χ3n) is 1.08. The van der Waals surface area contributed by atoms with Gasteiger partial charge in [0.05, 0.1) is 6.42 Å². The van der Waals surface area contributed by atoms with Crippen molar-refractivity contribution in [2.45, 2.75) is 12.8 Å². The van der Waals surface area contributed by atoms with Gasteiger partial charge >= 0.3 is 0 Å². The number of hydrogen-bond donors (Lipinski definition) is 1. The van der Waals surface area contributed by atoms with E-state index in [4.69, 9.17) is 5.73 Å². The van der Waals surface area contributed by atoms with E-state index in [1.54, 1.807) is 0 Å². The lowest BCUT2D eigenvalue weighted by atomic mass is 10.1. The molecule has 1 rings (SSSR count). The van der Waals surface area contributed by atoms with Gasteiger partial charge in [0.2, 0.25) is 0 Å². The Hall–Kier alpha value is -0.860. The van der Waals surface area contributed by atoms with Gasteiger partial charge in [-0.2, -0.15) is 0 Å². The van der Waals surface area contributed by atoms with Crippen LogP contribution in [0.4, 0.5) is 0 Å². The lowest BCUT2D eigenvalue weighted by Gasteiger charge is -2.04. The predicted molar refractivity (Wildman–Crippen MR) is 30.7 cm³/mol. The van der Waals surface area contributed by atoms with Crippen molar-refractivity contribution >= 4 is 11.6 Å². The molecule has 1 aliphatic heterocycles. The lowest BCUT2D eigenvalue weighted by Crippen LogP contribution is -2.22. The second-order valence-electron chi connectivity index (χ2n) is 1.84. The smallest absolute Gasteiger partial charge is 0.142 e. The second kappa shape index (κ2) is 1.94. The molecule has 1 heterocycles. The van der Waals surface area contributed by atoms with Crippen molar-refractivity contribution in [1.82, 2.24) is 0 Å². The molecule has 1 aliphatic rings. The maximum absolute atomic E-state index is 10.5. The van der Waals surface area contributed by atoms with Gasteiger partial charge in [-0.15, -0.1) is 0 Å². The number of Topliss-reactive ketones (excluding diaryl/α,β-unsaturated/α-hetero) is 1. The Bertz CT molecular complexity index is 139. The van der Waals surface area contributed by atoms with Gasteiger partial charge in [0.15, 0.2) is 0 Å². The van der Waals surface area contributed by atoms with E-state index in [1.165, 1.54) is 0 Å². The van der Waals surface area contributed by atoms with Crippen molar-refractivity contribution < 1.29 is 4.79 Å². The minimum absolute atomic E-state index is 0.206.